The lowest BCUT2D eigenvalue weighted by Gasteiger charge is -2.27. The van der Waals surface area contributed by atoms with Crippen molar-refractivity contribution in [1.29, 1.82) is 0 Å². The Hall–Kier alpha value is -3.21. The van der Waals surface area contributed by atoms with E-state index in [4.69, 9.17) is 0 Å². The van der Waals surface area contributed by atoms with Crippen LogP contribution in [0.25, 0.3) is 0 Å². The predicted octanol–water partition coefficient (Wildman–Crippen LogP) is 3.04. The number of rotatable bonds is 5. The summed E-state index contributed by atoms with van der Waals surface area (Å²) in [7, 11) is 0. The highest BCUT2D eigenvalue weighted by molar-refractivity contribution is 6.10. The summed E-state index contributed by atoms with van der Waals surface area (Å²) >= 11 is 0. The third kappa shape index (κ3) is 2.97. The molecule has 1 N–H and O–H groups in total. The van der Waals surface area contributed by atoms with E-state index >= 15 is 0 Å². The van der Waals surface area contributed by atoms with Crippen LogP contribution in [0.15, 0.2) is 72.8 Å². The van der Waals surface area contributed by atoms with Crippen molar-refractivity contribution in [3.8, 4) is 0 Å². The summed E-state index contributed by atoms with van der Waals surface area (Å²) in [4.78, 5) is 41.0. The largest absolute Gasteiger partial charge is 0.324 e. The molecule has 146 valence electrons. The van der Waals surface area contributed by atoms with Gasteiger partial charge in [-0.1, -0.05) is 60.7 Å². The Morgan fingerprint density at radius 1 is 0.897 bits per heavy atom. The zero-order valence-corrected chi connectivity index (χ0v) is 15.9. The molecular weight excluding hydrogens is 364 g/mol. The van der Waals surface area contributed by atoms with Crippen molar-refractivity contribution < 1.29 is 14.4 Å². The first kappa shape index (κ1) is 17.9. The standard InChI is InChI=1S/C24H22N2O3/c27-22(25-18-9-5-2-6-10-18)19(13-15-7-3-1-4-8-15)26-23(28)20-16-11-12-17(14-16)21(20)24(26)29/h1-12,16-17,19-21H,13-14H2,(H,25,27)/t16-,17-,19-,20+,21+/m0/s1. The number of hydrogen-bond acceptors (Lipinski definition) is 3. The number of likely N-dealkylation sites (tertiary alicyclic amines) is 1. The van der Waals surface area contributed by atoms with Gasteiger partial charge in [0.25, 0.3) is 0 Å². The lowest BCUT2D eigenvalue weighted by molar-refractivity contribution is -0.147. The molecule has 1 saturated heterocycles. The number of fused-ring (bicyclic) bond motifs is 5. The van der Waals surface area contributed by atoms with Gasteiger partial charge in [0.15, 0.2) is 0 Å². The number of nitrogens with zero attached hydrogens (tertiary/aromatic N) is 1. The molecular formula is C24H22N2O3. The fourth-order valence-electron chi connectivity index (χ4n) is 5.12. The Bertz CT molecular complexity index is 956. The van der Waals surface area contributed by atoms with E-state index in [9.17, 15) is 14.4 Å². The van der Waals surface area contributed by atoms with Crippen LogP contribution in [0.5, 0.6) is 0 Å². The summed E-state index contributed by atoms with van der Waals surface area (Å²) in [6, 6.07) is 17.8. The van der Waals surface area contributed by atoms with Crippen LogP contribution in [0, 0.1) is 23.7 Å². The molecule has 2 bridgehead atoms. The zero-order chi connectivity index (χ0) is 20.0. The SMILES string of the molecule is O=C(Nc1ccccc1)[C@H](Cc1ccccc1)N1C(=O)[C@H]2[C@H](C1=O)[C@H]1C=C[C@H]2C1. The number of hydrogen-bond donors (Lipinski definition) is 1. The zero-order valence-electron chi connectivity index (χ0n) is 15.9. The number of allylic oxidation sites excluding steroid dienone is 2. The van der Waals surface area contributed by atoms with Crippen molar-refractivity contribution in [1.82, 2.24) is 4.90 Å². The minimum Gasteiger partial charge on any atom is -0.324 e. The van der Waals surface area contributed by atoms with Crippen LogP contribution in [-0.4, -0.2) is 28.7 Å². The van der Waals surface area contributed by atoms with E-state index in [0.717, 1.165) is 12.0 Å². The van der Waals surface area contributed by atoms with E-state index < -0.39 is 6.04 Å². The van der Waals surface area contributed by atoms with Gasteiger partial charge >= 0.3 is 0 Å². The Morgan fingerprint density at radius 2 is 1.45 bits per heavy atom. The van der Waals surface area contributed by atoms with Gasteiger partial charge in [0.1, 0.15) is 6.04 Å². The van der Waals surface area contributed by atoms with Gasteiger partial charge in [-0.25, -0.2) is 0 Å². The molecule has 1 saturated carbocycles. The van der Waals surface area contributed by atoms with Crippen LogP contribution in [0.1, 0.15) is 12.0 Å². The van der Waals surface area contributed by atoms with Gasteiger partial charge in [-0.05, 0) is 36.0 Å². The summed E-state index contributed by atoms with van der Waals surface area (Å²) in [5.41, 5.74) is 1.57. The number of imide groups is 1. The molecule has 5 atom stereocenters. The Morgan fingerprint density at radius 3 is 2.03 bits per heavy atom. The molecule has 0 radical (unpaired) electrons. The second-order valence-corrected chi connectivity index (χ2v) is 8.11. The maximum Gasteiger partial charge on any atom is 0.248 e. The van der Waals surface area contributed by atoms with Gasteiger partial charge in [-0.15, -0.1) is 0 Å². The van der Waals surface area contributed by atoms with E-state index in [2.05, 4.69) is 17.5 Å². The molecule has 29 heavy (non-hydrogen) atoms. The number of para-hydroxylation sites is 1. The first-order chi connectivity index (χ1) is 14.1. The molecule has 3 aliphatic rings. The van der Waals surface area contributed by atoms with Crippen LogP contribution < -0.4 is 5.32 Å². The Kier molecular flexibility index (Phi) is 4.31. The summed E-state index contributed by atoms with van der Waals surface area (Å²) in [6.07, 6.45) is 5.31. The van der Waals surface area contributed by atoms with Crippen molar-refractivity contribution in [2.24, 2.45) is 23.7 Å². The summed E-state index contributed by atoms with van der Waals surface area (Å²) in [5.74, 6) is -1.08. The number of amides is 3. The molecule has 1 heterocycles. The second kappa shape index (κ2) is 6.99. The van der Waals surface area contributed by atoms with Gasteiger partial charge in [-0.3, -0.25) is 19.3 Å². The first-order valence-corrected chi connectivity index (χ1v) is 10.1. The van der Waals surface area contributed by atoms with Gasteiger partial charge in [0, 0.05) is 12.1 Å². The topological polar surface area (TPSA) is 66.5 Å². The summed E-state index contributed by atoms with van der Waals surface area (Å²) in [6.45, 7) is 0. The number of carbonyl (C=O) groups is 3. The van der Waals surface area contributed by atoms with Crippen molar-refractivity contribution in [2.45, 2.75) is 18.9 Å². The minimum absolute atomic E-state index is 0.126. The second-order valence-electron chi connectivity index (χ2n) is 8.11. The molecule has 2 aromatic rings. The highest BCUT2D eigenvalue weighted by Gasteiger charge is 2.61. The van der Waals surface area contributed by atoms with Crippen molar-refractivity contribution >= 4 is 23.4 Å². The Balaban J connectivity index is 1.46. The average molecular weight is 386 g/mol. The molecule has 2 aliphatic carbocycles. The monoisotopic (exact) mass is 386 g/mol. The molecule has 5 rings (SSSR count). The highest BCUT2D eigenvalue weighted by Crippen LogP contribution is 2.53. The quantitative estimate of drug-likeness (QED) is 0.634. The van der Waals surface area contributed by atoms with Gasteiger partial charge in [0.05, 0.1) is 11.8 Å². The van der Waals surface area contributed by atoms with Crippen LogP contribution >= 0.6 is 0 Å². The fourth-order valence-corrected chi connectivity index (χ4v) is 5.12. The molecule has 0 spiro atoms. The van der Waals surface area contributed by atoms with Crippen LogP contribution in [-0.2, 0) is 20.8 Å². The van der Waals surface area contributed by atoms with Crippen LogP contribution in [0.4, 0.5) is 5.69 Å². The van der Waals surface area contributed by atoms with E-state index in [1.54, 1.807) is 12.1 Å². The van der Waals surface area contributed by atoms with E-state index in [-0.39, 0.29) is 41.4 Å². The van der Waals surface area contributed by atoms with E-state index in [0.29, 0.717) is 12.1 Å². The third-order valence-electron chi connectivity index (χ3n) is 6.43. The normalized spacial score (nSPS) is 27.9. The van der Waals surface area contributed by atoms with Crippen molar-refractivity contribution in [3.05, 3.63) is 78.4 Å². The maximum absolute atomic E-state index is 13.3. The lowest BCUT2D eigenvalue weighted by atomic mass is 9.85. The summed E-state index contributed by atoms with van der Waals surface area (Å²) < 4.78 is 0. The number of carbonyl (C=O) groups excluding carboxylic acids is 3. The fraction of sp³-hybridized carbons (Fsp3) is 0.292. The molecule has 0 unspecified atom stereocenters. The van der Waals surface area contributed by atoms with Crippen LogP contribution in [0.2, 0.25) is 0 Å². The molecule has 3 amide bonds. The Labute approximate surface area is 169 Å². The molecule has 0 aromatic heterocycles. The first-order valence-electron chi connectivity index (χ1n) is 10.1. The maximum atomic E-state index is 13.3. The predicted molar refractivity (Wildman–Crippen MR) is 109 cm³/mol. The minimum atomic E-state index is -0.859. The number of nitrogens with one attached hydrogen (secondary N) is 1. The molecule has 1 aliphatic heterocycles. The van der Waals surface area contributed by atoms with Gasteiger partial charge in [0.2, 0.25) is 17.7 Å². The van der Waals surface area contributed by atoms with E-state index in [1.807, 2.05) is 48.5 Å². The smallest absolute Gasteiger partial charge is 0.248 e. The lowest BCUT2D eigenvalue weighted by Crippen LogP contribution is -2.49. The van der Waals surface area contributed by atoms with Gasteiger partial charge in [-0.2, -0.15) is 0 Å². The third-order valence-corrected chi connectivity index (χ3v) is 6.43. The van der Waals surface area contributed by atoms with Crippen molar-refractivity contribution in [2.75, 3.05) is 5.32 Å². The van der Waals surface area contributed by atoms with Crippen molar-refractivity contribution in [3.63, 3.8) is 0 Å². The van der Waals surface area contributed by atoms with E-state index in [1.165, 1.54) is 4.90 Å². The number of anilines is 1. The molecule has 5 nitrogen and oxygen atoms in total. The molecule has 5 heteroatoms. The molecule has 2 fully saturated rings. The average Bonchev–Trinajstić information content (AvgIpc) is 3.42. The van der Waals surface area contributed by atoms with Crippen LogP contribution in [0.3, 0.4) is 0 Å². The van der Waals surface area contributed by atoms with Gasteiger partial charge < -0.3 is 5.32 Å². The molecule has 2 aromatic carbocycles. The highest BCUT2D eigenvalue weighted by atomic mass is 16.2. The number of benzene rings is 2. The summed E-state index contributed by atoms with van der Waals surface area (Å²) in [5, 5.41) is 2.88.